The molecule has 1 fully saturated rings. The van der Waals surface area contributed by atoms with Crippen LogP contribution in [-0.4, -0.2) is 42.0 Å². The fourth-order valence-electron chi connectivity index (χ4n) is 2.95. The van der Waals surface area contributed by atoms with Gasteiger partial charge in [0.2, 0.25) is 5.91 Å². The summed E-state index contributed by atoms with van der Waals surface area (Å²) in [6.45, 7) is 5.02. The van der Waals surface area contributed by atoms with Crippen LogP contribution in [0.3, 0.4) is 0 Å². The zero-order chi connectivity index (χ0) is 14.8. The third kappa shape index (κ3) is 2.63. The Morgan fingerprint density at radius 1 is 1.14 bits per heavy atom. The fourth-order valence-corrected chi connectivity index (χ4v) is 2.95. The number of benzene rings is 1. The van der Waals surface area contributed by atoms with Crippen molar-refractivity contribution in [2.75, 3.05) is 36.8 Å². The first kappa shape index (κ1) is 13.7. The van der Waals surface area contributed by atoms with Gasteiger partial charge in [-0.3, -0.25) is 9.78 Å². The van der Waals surface area contributed by atoms with Crippen LogP contribution in [-0.2, 0) is 4.79 Å². The zero-order valence-electron chi connectivity index (χ0n) is 12.2. The first-order valence-electron chi connectivity index (χ1n) is 7.29. The van der Waals surface area contributed by atoms with E-state index in [4.69, 9.17) is 5.73 Å². The summed E-state index contributed by atoms with van der Waals surface area (Å²) in [5.74, 6) is 0.153. The third-order valence-corrected chi connectivity index (χ3v) is 4.11. The van der Waals surface area contributed by atoms with E-state index >= 15 is 0 Å². The van der Waals surface area contributed by atoms with Crippen LogP contribution < -0.4 is 10.6 Å². The first-order chi connectivity index (χ1) is 10.2. The van der Waals surface area contributed by atoms with E-state index in [-0.39, 0.29) is 5.91 Å². The summed E-state index contributed by atoms with van der Waals surface area (Å²) < 4.78 is 0. The molecule has 1 aliphatic rings. The monoisotopic (exact) mass is 284 g/mol. The van der Waals surface area contributed by atoms with Gasteiger partial charge in [0, 0.05) is 67.6 Å². The number of pyridine rings is 1. The molecule has 1 amide bonds. The van der Waals surface area contributed by atoms with E-state index in [1.165, 1.54) is 0 Å². The number of carbonyl (C=O) groups excluding carboxylic acids is 1. The minimum atomic E-state index is 0.153. The summed E-state index contributed by atoms with van der Waals surface area (Å²) in [6, 6.07) is 5.96. The molecule has 0 atom stereocenters. The fraction of sp³-hybridized carbons (Fsp3) is 0.375. The van der Waals surface area contributed by atoms with Crippen molar-refractivity contribution < 1.29 is 4.79 Å². The molecule has 5 nitrogen and oxygen atoms in total. The molecule has 3 rings (SSSR count). The molecule has 0 unspecified atom stereocenters. The molecule has 2 N–H and O–H groups in total. The Morgan fingerprint density at radius 2 is 2.00 bits per heavy atom. The number of fused-ring (bicyclic) bond motifs is 1. The Morgan fingerprint density at radius 3 is 2.81 bits per heavy atom. The van der Waals surface area contributed by atoms with Crippen LogP contribution in [0.1, 0.15) is 13.3 Å². The number of amides is 1. The van der Waals surface area contributed by atoms with E-state index in [2.05, 4.69) is 16.0 Å². The summed E-state index contributed by atoms with van der Waals surface area (Å²) in [7, 11) is 0. The Hall–Kier alpha value is -2.30. The molecule has 1 saturated heterocycles. The maximum atomic E-state index is 11.5. The largest absolute Gasteiger partial charge is 0.398 e. The number of rotatable bonds is 1. The van der Waals surface area contributed by atoms with Crippen LogP contribution in [0.2, 0.25) is 0 Å². The number of nitrogens with zero attached hydrogens (tertiary/aromatic N) is 3. The smallest absolute Gasteiger partial charge is 0.219 e. The van der Waals surface area contributed by atoms with Crippen molar-refractivity contribution in [3.05, 3.63) is 30.6 Å². The van der Waals surface area contributed by atoms with Crippen molar-refractivity contribution in [3.63, 3.8) is 0 Å². The van der Waals surface area contributed by atoms with E-state index < -0.39 is 0 Å². The highest BCUT2D eigenvalue weighted by molar-refractivity contribution is 6.00. The summed E-state index contributed by atoms with van der Waals surface area (Å²) in [5.41, 5.74) is 7.97. The van der Waals surface area contributed by atoms with Gasteiger partial charge in [-0.25, -0.2) is 0 Å². The van der Waals surface area contributed by atoms with Crippen molar-refractivity contribution in [2.45, 2.75) is 13.3 Å². The topological polar surface area (TPSA) is 62.5 Å². The van der Waals surface area contributed by atoms with Gasteiger partial charge >= 0.3 is 0 Å². The summed E-state index contributed by atoms with van der Waals surface area (Å²) in [4.78, 5) is 20.0. The van der Waals surface area contributed by atoms with Gasteiger partial charge in [-0.15, -0.1) is 0 Å². The van der Waals surface area contributed by atoms with Gasteiger partial charge in [0.25, 0.3) is 0 Å². The number of nitrogens with two attached hydrogens (primary N) is 1. The van der Waals surface area contributed by atoms with Gasteiger partial charge in [-0.2, -0.15) is 0 Å². The van der Waals surface area contributed by atoms with E-state index in [9.17, 15) is 4.79 Å². The molecule has 0 bridgehead atoms. The molecule has 1 aromatic heterocycles. The number of nitrogen functional groups attached to an aromatic ring is 1. The molecule has 0 saturated carbocycles. The summed E-state index contributed by atoms with van der Waals surface area (Å²) >= 11 is 0. The highest BCUT2D eigenvalue weighted by Crippen LogP contribution is 2.30. The molecule has 1 aliphatic heterocycles. The lowest BCUT2D eigenvalue weighted by Gasteiger charge is -2.25. The van der Waals surface area contributed by atoms with Gasteiger partial charge in [-0.05, 0) is 24.6 Å². The van der Waals surface area contributed by atoms with Crippen LogP contribution in [0.15, 0.2) is 30.6 Å². The van der Waals surface area contributed by atoms with Gasteiger partial charge < -0.3 is 15.5 Å². The van der Waals surface area contributed by atoms with Crippen molar-refractivity contribution in [1.82, 2.24) is 9.88 Å². The second-order valence-corrected chi connectivity index (χ2v) is 5.44. The molecule has 21 heavy (non-hydrogen) atoms. The third-order valence-electron chi connectivity index (χ3n) is 4.11. The number of anilines is 2. The molecule has 0 aliphatic carbocycles. The Kier molecular flexibility index (Phi) is 3.64. The van der Waals surface area contributed by atoms with Crippen LogP contribution in [0.25, 0.3) is 10.8 Å². The lowest BCUT2D eigenvalue weighted by molar-refractivity contribution is -0.128. The average molecular weight is 284 g/mol. The highest BCUT2D eigenvalue weighted by atomic mass is 16.2. The van der Waals surface area contributed by atoms with E-state index in [0.29, 0.717) is 0 Å². The van der Waals surface area contributed by atoms with E-state index in [1.54, 1.807) is 13.1 Å². The predicted octanol–water partition coefficient (Wildman–Crippen LogP) is 1.88. The van der Waals surface area contributed by atoms with Crippen molar-refractivity contribution in [1.29, 1.82) is 0 Å². The molecule has 5 heteroatoms. The van der Waals surface area contributed by atoms with Crippen molar-refractivity contribution in [3.8, 4) is 0 Å². The van der Waals surface area contributed by atoms with Crippen LogP contribution in [0.5, 0.6) is 0 Å². The summed E-state index contributed by atoms with van der Waals surface area (Å²) in [5, 5.41) is 2.11. The van der Waals surface area contributed by atoms with Gasteiger partial charge in [-0.1, -0.05) is 0 Å². The number of hydrogen-bond donors (Lipinski definition) is 1. The normalized spacial score (nSPS) is 16.0. The van der Waals surface area contributed by atoms with Gasteiger partial charge in [0.15, 0.2) is 0 Å². The van der Waals surface area contributed by atoms with E-state index in [0.717, 1.165) is 54.7 Å². The maximum Gasteiger partial charge on any atom is 0.219 e. The number of hydrogen-bond acceptors (Lipinski definition) is 4. The molecule has 110 valence electrons. The summed E-state index contributed by atoms with van der Waals surface area (Å²) in [6.07, 6.45) is 4.61. The van der Waals surface area contributed by atoms with Crippen LogP contribution in [0, 0.1) is 0 Å². The standard InChI is InChI=1S/C16H20N4O/c1-12(21)19-7-2-8-20(10-9-19)16-4-3-15(17)13-5-6-18-11-14(13)16/h3-6,11H,2,7-10,17H2,1H3. The molecular weight excluding hydrogens is 264 g/mol. The molecule has 2 aromatic rings. The van der Waals surface area contributed by atoms with Crippen molar-refractivity contribution >= 4 is 28.1 Å². The predicted molar refractivity (Wildman–Crippen MR) is 85.2 cm³/mol. The Labute approximate surface area is 124 Å². The SMILES string of the molecule is CC(=O)N1CCCN(c2ccc(N)c3ccncc23)CC1. The zero-order valence-corrected chi connectivity index (χ0v) is 12.2. The quantitative estimate of drug-likeness (QED) is 0.812. The Bertz CT molecular complexity index is 670. The lowest BCUT2D eigenvalue weighted by atomic mass is 10.1. The number of aromatic nitrogens is 1. The highest BCUT2D eigenvalue weighted by Gasteiger charge is 2.18. The minimum absolute atomic E-state index is 0.153. The lowest BCUT2D eigenvalue weighted by Crippen LogP contribution is -2.33. The van der Waals surface area contributed by atoms with Crippen LogP contribution >= 0.6 is 0 Å². The van der Waals surface area contributed by atoms with Gasteiger partial charge in [0.05, 0.1) is 0 Å². The van der Waals surface area contributed by atoms with Crippen LogP contribution in [0.4, 0.5) is 11.4 Å². The Balaban J connectivity index is 1.94. The molecule has 2 heterocycles. The van der Waals surface area contributed by atoms with Crippen molar-refractivity contribution in [2.24, 2.45) is 0 Å². The average Bonchev–Trinajstić information content (AvgIpc) is 2.74. The second-order valence-electron chi connectivity index (χ2n) is 5.44. The minimum Gasteiger partial charge on any atom is -0.398 e. The molecule has 0 spiro atoms. The second kappa shape index (κ2) is 5.60. The molecular formula is C16H20N4O. The first-order valence-corrected chi connectivity index (χ1v) is 7.29. The molecule has 0 radical (unpaired) electrons. The van der Waals surface area contributed by atoms with Gasteiger partial charge in [0.1, 0.15) is 0 Å². The van der Waals surface area contributed by atoms with E-state index in [1.807, 2.05) is 23.2 Å². The maximum absolute atomic E-state index is 11.5. The molecule has 1 aromatic carbocycles. The number of carbonyl (C=O) groups is 1.